The van der Waals surface area contributed by atoms with Crippen molar-refractivity contribution in [3.63, 3.8) is 0 Å². The molecule has 0 saturated carbocycles. The minimum absolute atomic E-state index is 0.0859. The van der Waals surface area contributed by atoms with E-state index in [4.69, 9.17) is 11.6 Å². The van der Waals surface area contributed by atoms with Crippen molar-refractivity contribution in [3.05, 3.63) is 46.5 Å². The van der Waals surface area contributed by atoms with Crippen LogP contribution < -0.4 is 0 Å². The molecular weight excluding hydrogens is 307 g/mol. The molecule has 21 heavy (non-hydrogen) atoms. The third-order valence-corrected chi connectivity index (χ3v) is 3.21. The highest BCUT2D eigenvalue weighted by molar-refractivity contribution is 6.31. The van der Waals surface area contributed by atoms with Crippen LogP contribution in [0.2, 0.25) is 5.02 Å². The average Bonchev–Trinajstić information content (AvgIpc) is 2.79. The van der Waals surface area contributed by atoms with Crippen LogP contribution in [0.4, 0.5) is 13.2 Å². The van der Waals surface area contributed by atoms with Crippen LogP contribution >= 0.6 is 11.6 Å². The van der Waals surface area contributed by atoms with Crippen LogP contribution in [-0.2, 0) is 12.7 Å². The van der Waals surface area contributed by atoms with Crippen LogP contribution in [0, 0.1) is 0 Å². The Morgan fingerprint density at radius 1 is 1.33 bits per heavy atom. The molecule has 1 N–H and O–H groups in total. The summed E-state index contributed by atoms with van der Waals surface area (Å²) in [6.45, 7) is 2.47. The highest BCUT2D eigenvalue weighted by Gasteiger charge is 2.31. The van der Waals surface area contributed by atoms with Crippen molar-refractivity contribution in [1.82, 2.24) is 14.8 Å². The van der Waals surface area contributed by atoms with Crippen LogP contribution in [-0.4, -0.2) is 19.9 Å². The molecule has 0 aliphatic rings. The summed E-state index contributed by atoms with van der Waals surface area (Å²) in [7, 11) is 0. The zero-order valence-corrected chi connectivity index (χ0v) is 11.9. The molecule has 8 heteroatoms. The molecule has 1 atom stereocenters. The first kappa shape index (κ1) is 15.8. The summed E-state index contributed by atoms with van der Waals surface area (Å²) >= 11 is 5.98. The van der Waals surface area contributed by atoms with Gasteiger partial charge in [-0.2, -0.15) is 18.3 Å². The smallest absolute Gasteiger partial charge is 0.380 e. The summed E-state index contributed by atoms with van der Waals surface area (Å²) in [6, 6.07) is 2.01. The molecule has 4 nitrogen and oxygen atoms in total. The first-order chi connectivity index (χ1) is 9.84. The van der Waals surface area contributed by atoms with E-state index >= 15 is 0 Å². The Kier molecular flexibility index (Phi) is 4.53. The monoisotopic (exact) mass is 319 g/mol. The molecule has 0 aromatic carbocycles. The number of hydrogen-bond acceptors (Lipinski definition) is 3. The van der Waals surface area contributed by atoms with Gasteiger partial charge in [-0.25, -0.2) is 0 Å². The van der Waals surface area contributed by atoms with Crippen molar-refractivity contribution in [2.45, 2.75) is 32.2 Å². The number of hydrogen-bond donors (Lipinski definition) is 1. The molecule has 2 heterocycles. The Labute approximate surface area is 124 Å². The van der Waals surface area contributed by atoms with E-state index in [0.717, 1.165) is 18.6 Å². The van der Waals surface area contributed by atoms with E-state index in [2.05, 4.69) is 10.1 Å². The zero-order valence-electron chi connectivity index (χ0n) is 11.1. The van der Waals surface area contributed by atoms with Gasteiger partial charge in [0, 0.05) is 12.7 Å². The fourth-order valence-corrected chi connectivity index (χ4v) is 2.15. The van der Waals surface area contributed by atoms with E-state index < -0.39 is 17.8 Å². The fourth-order valence-electron chi connectivity index (χ4n) is 1.91. The molecule has 0 amide bonds. The first-order valence-corrected chi connectivity index (χ1v) is 6.64. The molecule has 1 unspecified atom stereocenters. The average molecular weight is 320 g/mol. The van der Waals surface area contributed by atoms with Crippen LogP contribution in [0.15, 0.2) is 24.5 Å². The van der Waals surface area contributed by atoms with Crippen LogP contribution in [0.5, 0.6) is 0 Å². The van der Waals surface area contributed by atoms with Gasteiger partial charge in [0.2, 0.25) is 0 Å². The SMILES string of the molecule is CCCn1ncc(Cl)c1C(O)c1ccc(C(F)(F)F)cn1. The van der Waals surface area contributed by atoms with Gasteiger partial charge in [-0.15, -0.1) is 0 Å². The summed E-state index contributed by atoms with van der Waals surface area (Å²) in [6.07, 6.45) is -2.84. The second-order valence-electron chi connectivity index (χ2n) is 4.47. The Bertz CT molecular complexity index is 610. The summed E-state index contributed by atoms with van der Waals surface area (Å²) in [5.41, 5.74) is -0.458. The number of halogens is 4. The van der Waals surface area contributed by atoms with Gasteiger partial charge >= 0.3 is 6.18 Å². The number of pyridine rings is 1. The van der Waals surface area contributed by atoms with Gasteiger partial charge in [0.1, 0.15) is 6.10 Å². The molecule has 2 aromatic rings. The van der Waals surface area contributed by atoms with Crippen molar-refractivity contribution in [2.75, 3.05) is 0 Å². The third-order valence-electron chi connectivity index (χ3n) is 2.92. The van der Waals surface area contributed by atoms with Crippen molar-refractivity contribution in [3.8, 4) is 0 Å². The fraction of sp³-hybridized carbons (Fsp3) is 0.385. The number of aromatic nitrogens is 3. The van der Waals surface area contributed by atoms with Crippen molar-refractivity contribution < 1.29 is 18.3 Å². The second-order valence-corrected chi connectivity index (χ2v) is 4.88. The molecule has 0 aliphatic carbocycles. The van der Waals surface area contributed by atoms with E-state index in [0.29, 0.717) is 18.4 Å². The van der Waals surface area contributed by atoms with Gasteiger partial charge in [-0.05, 0) is 18.6 Å². The highest BCUT2D eigenvalue weighted by Crippen LogP contribution is 2.31. The van der Waals surface area contributed by atoms with E-state index in [9.17, 15) is 18.3 Å². The standard InChI is InChI=1S/C13H13ClF3N3O/c1-2-5-20-11(9(14)7-19-20)12(21)10-4-3-8(6-18-10)13(15,16)17/h3-4,6-7,12,21H,2,5H2,1H3. The van der Waals surface area contributed by atoms with Gasteiger partial charge in [0.15, 0.2) is 0 Å². The molecule has 0 bridgehead atoms. The largest absolute Gasteiger partial charge is 0.417 e. The van der Waals surface area contributed by atoms with Gasteiger partial charge in [0.05, 0.1) is 28.2 Å². The van der Waals surface area contributed by atoms with E-state index in [1.54, 1.807) is 0 Å². The van der Waals surface area contributed by atoms with Crippen molar-refractivity contribution in [1.29, 1.82) is 0 Å². The van der Waals surface area contributed by atoms with E-state index in [-0.39, 0.29) is 10.7 Å². The number of nitrogens with zero attached hydrogens (tertiary/aromatic N) is 3. The van der Waals surface area contributed by atoms with Crippen LogP contribution in [0.25, 0.3) is 0 Å². The number of aryl methyl sites for hydroxylation is 1. The molecule has 0 aliphatic heterocycles. The predicted octanol–water partition coefficient (Wildman–Crippen LogP) is 3.44. The lowest BCUT2D eigenvalue weighted by Crippen LogP contribution is -2.13. The molecular formula is C13H13ClF3N3O. The minimum Gasteiger partial charge on any atom is -0.380 e. The van der Waals surface area contributed by atoms with Gasteiger partial charge in [-0.1, -0.05) is 18.5 Å². The maximum Gasteiger partial charge on any atom is 0.417 e. The van der Waals surface area contributed by atoms with Crippen LogP contribution in [0.3, 0.4) is 0 Å². The van der Waals surface area contributed by atoms with Gasteiger partial charge in [0.25, 0.3) is 0 Å². The number of aliphatic hydroxyl groups is 1. The Morgan fingerprint density at radius 2 is 2.05 bits per heavy atom. The third kappa shape index (κ3) is 3.36. The second kappa shape index (κ2) is 6.03. The van der Waals surface area contributed by atoms with Crippen LogP contribution in [0.1, 0.15) is 36.4 Å². The molecule has 0 radical (unpaired) electrons. The molecule has 114 valence electrons. The molecule has 2 rings (SSSR count). The molecule has 2 aromatic heterocycles. The van der Waals surface area contributed by atoms with E-state index in [1.807, 2.05) is 6.92 Å². The number of alkyl halides is 3. The lowest BCUT2D eigenvalue weighted by atomic mass is 10.1. The molecule has 0 fully saturated rings. The zero-order chi connectivity index (χ0) is 15.6. The topological polar surface area (TPSA) is 50.9 Å². The summed E-state index contributed by atoms with van der Waals surface area (Å²) in [4.78, 5) is 3.67. The van der Waals surface area contributed by atoms with Gasteiger partial charge in [-0.3, -0.25) is 9.67 Å². The Morgan fingerprint density at radius 3 is 2.57 bits per heavy atom. The van der Waals surface area contributed by atoms with Gasteiger partial charge < -0.3 is 5.11 Å². The lowest BCUT2D eigenvalue weighted by Gasteiger charge is -2.14. The Hall–Kier alpha value is -1.60. The van der Waals surface area contributed by atoms with Crippen molar-refractivity contribution in [2.24, 2.45) is 0 Å². The number of rotatable bonds is 4. The highest BCUT2D eigenvalue weighted by atomic mass is 35.5. The Balaban J connectivity index is 2.32. The molecule has 0 saturated heterocycles. The maximum absolute atomic E-state index is 12.5. The summed E-state index contributed by atoms with van der Waals surface area (Å²) < 4.78 is 39.0. The normalized spacial score (nSPS) is 13.4. The minimum atomic E-state index is -4.46. The van der Waals surface area contributed by atoms with Crippen molar-refractivity contribution >= 4 is 11.6 Å². The lowest BCUT2D eigenvalue weighted by molar-refractivity contribution is -0.137. The maximum atomic E-state index is 12.5. The summed E-state index contributed by atoms with van der Waals surface area (Å²) in [5.74, 6) is 0. The first-order valence-electron chi connectivity index (χ1n) is 6.27. The molecule has 0 spiro atoms. The van der Waals surface area contributed by atoms with E-state index in [1.165, 1.54) is 10.9 Å². The number of aliphatic hydroxyl groups excluding tert-OH is 1. The quantitative estimate of drug-likeness (QED) is 0.939. The summed E-state index contributed by atoms with van der Waals surface area (Å²) in [5, 5.41) is 14.5. The predicted molar refractivity (Wildman–Crippen MR) is 70.8 cm³/mol.